The van der Waals surface area contributed by atoms with Crippen LogP contribution >= 0.6 is 0 Å². The first-order chi connectivity index (χ1) is 19.1. The molecule has 1 aliphatic carbocycles. The molecule has 0 saturated heterocycles. The van der Waals surface area contributed by atoms with Gasteiger partial charge in [0.15, 0.2) is 11.6 Å². The molecule has 5 nitrogen and oxygen atoms in total. The summed E-state index contributed by atoms with van der Waals surface area (Å²) in [4.78, 5) is 28.4. The van der Waals surface area contributed by atoms with Crippen LogP contribution in [0.15, 0.2) is 103 Å². The predicted molar refractivity (Wildman–Crippen MR) is 150 cm³/mol. The van der Waals surface area contributed by atoms with E-state index in [1.54, 1.807) is 48.5 Å². The largest absolute Gasteiger partial charge is 0.309 e. The summed E-state index contributed by atoms with van der Waals surface area (Å²) < 4.78 is 0. The summed E-state index contributed by atoms with van der Waals surface area (Å²) in [5.41, 5.74) is 7.49. The summed E-state index contributed by atoms with van der Waals surface area (Å²) in [7, 11) is 0. The molecule has 180 valence electrons. The summed E-state index contributed by atoms with van der Waals surface area (Å²) in [5, 5.41) is 20.8. The van der Waals surface area contributed by atoms with Crippen molar-refractivity contribution in [2.24, 2.45) is 0 Å². The van der Waals surface area contributed by atoms with E-state index in [2.05, 4.69) is 17.0 Å². The maximum Gasteiger partial charge on any atom is 0.197 e. The number of ketones is 2. The maximum atomic E-state index is 13.1. The van der Waals surface area contributed by atoms with Gasteiger partial charge in [-0.25, -0.2) is 0 Å². The van der Waals surface area contributed by atoms with Gasteiger partial charge in [0.05, 0.1) is 40.2 Å². The summed E-state index contributed by atoms with van der Waals surface area (Å²) in [5.74, 6) is -0.529. The SMILES string of the molecule is N#Cc1ccc(N2c3ccc(C#N)cc3-c3cccc4c(C=C5C(=O)c6ccccc6C5=O)ccc2c34)cc1. The highest BCUT2D eigenvalue weighted by atomic mass is 16.2. The number of rotatable bonds is 2. The maximum absolute atomic E-state index is 13.1. The van der Waals surface area contributed by atoms with Gasteiger partial charge in [-0.2, -0.15) is 10.5 Å². The average Bonchev–Trinajstić information content (AvgIpc) is 3.23. The van der Waals surface area contributed by atoms with Crippen LogP contribution in [0.4, 0.5) is 17.1 Å². The van der Waals surface area contributed by atoms with Crippen molar-refractivity contribution in [3.05, 3.63) is 130 Å². The number of carbonyl (C=O) groups is 2. The third-order valence-electron chi connectivity index (χ3n) is 7.41. The molecule has 2 aliphatic rings. The molecule has 0 bridgehead atoms. The Labute approximate surface area is 224 Å². The molecular formula is C34H17N3O2. The number of allylic oxidation sites excluding steroid dienone is 1. The molecular weight excluding hydrogens is 482 g/mol. The molecule has 0 saturated carbocycles. The van der Waals surface area contributed by atoms with Crippen LogP contribution in [0.2, 0.25) is 0 Å². The first-order valence-corrected chi connectivity index (χ1v) is 12.4. The van der Waals surface area contributed by atoms with Gasteiger partial charge in [-0.1, -0.05) is 48.5 Å². The standard InChI is InChI=1S/C34H17N3O2/c35-18-20-8-12-23(13-9-20)37-30-14-10-21(19-36)16-28(30)25-7-3-6-24-22(11-15-31(37)32(24)25)17-29-33(38)26-4-1-2-5-27(26)34(29)39/h1-17H. The lowest BCUT2D eigenvalue weighted by molar-refractivity contribution is 0.0990. The van der Waals surface area contributed by atoms with Crippen molar-refractivity contribution >= 4 is 45.5 Å². The Kier molecular flexibility index (Phi) is 4.82. The van der Waals surface area contributed by atoms with E-state index in [9.17, 15) is 20.1 Å². The van der Waals surface area contributed by atoms with Gasteiger partial charge in [0, 0.05) is 27.8 Å². The van der Waals surface area contributed by atoms with Crippen LogP contribution < -0.4 is 4.90 Å². The predicted octanol–water partition coefficient (Wildman–Crippen LogP) is 7.50. The molecule has 5 aromatic rings. The number of carbonyl (C=O) groups excluding carboxylic acids is 2. The van der Waals surface area contributed by atoms with E-state index < -0.39 is 0 Å². The van der Waals surface area contributed by atoms with Crippen LogP contribution in [0.1, 0.15) is 37.4 Å². The molecule has 39 heavy (non-hydrogen) atoms. The Morgan fingerprint density at radius 2 is 1.26 bits per heavy atom. The zero-order valence-corrected chi connectivity index (χ0v) is 20.5. The van der Waals surface area contributed by atoms with Gasteiger partial charge in [0.1, 0.15) is 0 Å². The molecule has 0 aromatic heterocycles. The van der Waals surface area contributed by atoms with Gasteiger partial charge >= 0.3 is 0 Å². The van der Waals surface area contributed by atoms with Crippen LogP contribution in [-0.4, -0.2) is 11.6 Å². The van der Waals surface area contributed by atoms with Crippen LogP contribution in [0, 0.1) is 22.7 Å². The van der Waals surface area contributed by atoms with Crippen molar-refractivity contribution in [3.63, 3.8) is 0 Å². The molecule has 0 spiro atoms. The molecule has 5 aromatic carbocycles. The van der Waals surface area contributed by atoms with Crippen molar-refractivity contribution in [1.29, 1.82) is 10.5 Å². The first-order valence-electron chi connectivity index (χ1n) is 12.4. The number of anilines is 3. The van der Waals surface area contributed by atoms with Crippen molar-refractivity contribution in [1.82, 2.24) is 0 Å². The molecule has 0 unspecified atom stereocenters. The summed E-state index contributed by atoms with van der Waals surface area (Å²) >= 11 is 0. The summed E-state index contributed by atoms with van der Waals surface area (Å²) in [6.07, 6.45) is 1.70. The van der Waals surface area contributed by atoms with Crippen molar-refractivity contribution in [3.8, 4) is 23.3 Å². The van der Waals surface area contributed by atoms with E-state index in [-0.39, 0.29) is 17.1 Å². The highest BCUT2D eigenvalue weighted by molar-refractivity contribution is 6.41. The molecule has 0 atom stereocenters. The minimum atomic E-state index is -0.265. The molecule has 1 aliphatic heterocycles. The highest BCUT2D eigenvalue weighted by Crippen LogP contribution is 2.51. The smallest absolute Gasteiger partial charge is 0.197 e. The van der Waals surface area contributed by atoms with Crippen LogP contribution in [0.25, 0.3) is 28.0 Å². The van der Waals surface area contributed by atoms with E-state index in [0.29, 0.717) is 22.3 Å². The van der Waals surface area contributed by atoms with Crippen LogP contribution in [-0.2, 0) is 0 Å². The van der Waals surface area contributed by atoms with Crippen molar-refractivity contribution < 1.29 is 9.59 Å². The second kappa shape index (κ2) is 8.38. The van der Waals surface area contributed by atoms with Gasteiger partial charge in [-0.15, -0.1) is 0 Å². The zero-order chi connectivity index (χ0) is 26.7. The number of nitriles is 2. The number of hydrogen-bond acceptors (Lipinski definition) is 5. The highest BCUT2D eigenvalue weighted by Gasteiger charge is 2.33. The molecule has 5 heteroatoms. The van der Waals surface area contributed by atoms with Gasteiger partial charge in [-0.3, -0.25) is 9.59 Å². The Bertz CT molecular complexity index is 1980. The molecule has 7 rings (SSSR count). The van der Waals surface area contributed by atoms with E-state index in [4.69, 9.17) is 0 Å². The molecule has 0 radical (unpaired) electrons. The summed E-state index contributed by atoms with van der Waals surface area (Å²) in [6.45, 7) is 0. The number of Topliss-reactive ketones (excluding diaryl/α,β-unsaturated/α-hetero) is 2. The third-order valence-corrected chi connectivity index (χ3v) is 7.41. The lowest BCUT2D eigenvalue weighted by Crippen LogP contribution is -2.15. The molecule has 0 fully saturated rings. The van der Waals surface area contributed by atoms with E-state index in [1.165, 1.54) is 0 Å². The molecule has 0 N–H and O–H groups in total. The Morgan fingerprint density at radius 3 is 1.95 bits per heavy atom. The number of nitrogens with zero attached hydrogens (tertiary/aromatic N) is 3. The first kappa shape index (κ1) is 22.4. The number of hydrogen-bond donors (Lipinski definition) is 0. The second-order valence-electron chi connectivity index (χ2n) is 9.50. The lowest BCUT2D eigenvalue weighted by Gasteiger charge is -2.34. The van der Waals surface area contributed by atoms with E-state index in [0.717, 1.165) is 44.5 Å². The minimum Gasteiger partial charge on any atom is -0.309 e. The van der Waals surface area contributed by atoms with Gasteiger partial charge in [0.2, 0.25) is 0 Å². The fourth-order valence-electron chi connectivity index (χ4n) is 5.62. The average molecular weight is 500 g/mol. The molecule has 0 amide bonds. The number of fused-ring (bicyclic) bond motifs is 3. The molecule has 1 heterocycles. The fourth-order valence-corrected chi connectivity index (χ4v) is 5.62. The Morgan fingerprint density at radius 1 is 0.615 bits per heavy atom. The minimum absolute atomic E-state index is 0.156. The number of benzene rings is 5. The van der Waals surface area contributed by atoms with E-state index >= 15 is 0 Å². The quantitative estimate of drug-likeness (QED) is 0.182. The van der Waals surface area contributed by atoms with Crippen LogP contribution in [0.3, 0.4) is 0 Å². The van der Waals surface area contributed by atoms with Gasteiger partial charge < -0.3 is 4.90 Å². The third kappa shape index (κ3) is 3.25. The Hall–Kier alpha value is -5.78. The normalized spacial score (nSPS) is 13.1. The zero-order valence-electron chi connectivity index (χ0n) is 20.5. The van der Waals surface area contributed by atoms with Crippen molar-refractivity contribution in [2.45, 2.75) is 0 Å². The van der Waals surface area contributed by atoms with Crippen LogP contribution in [0.5, 0.6) is 0 Å². The topological polar surface area (TPSA) is 85.0 Å². The Balaban J connectivity index is 1.49. The van der Waals surface area contributed by atoms with Gasteiger partial charge in [0.25, 0.3) is 0 Å². The van der Waals surface area contributed by atoms with Crippen molar-refractivity contribution in [2.75, 3.05) is 4.90 Å². The second-order valence-corrected chi connectivity index (χ2v) is 9.50. The summed E-state index contributed by atoms with van der Waals surface area (Å²) in [6, 6.07) is 34.2. The van der Waals surface area contributed by atoms with E-state index in [1.807, 2.05) is 54.6 Å². The monoisotopic (exact) mass is 499 g/mol. The van der Waals surface area contributed by atoms with Gasteiger partial charge in [-0.05, 0) is 71.1 Å². The lowest BCUT2D eigenvalue weighted by atomic mass is 9.88. The fraction of sp³-hybridized carbons (Fsp3) is 0.